The summed E-state index contributed by atoms with van der Waals surface area (Å²) in [7, 11) is 0. The van der Waals surface area contributed by atoms with E-state index in [-0.39, 0.29) is 0 Å². The molecule has 0 N–H and O–H groups in total. The first-order chi connectivity index (χ1) is 10.3. The zero-order valence-corrected chi connectivity index (χ0v) is 12.2. The van der Waals surface area contributed by atoms with Crippen LogP contribution >= 0.6 is 0 Å². The molecule has 0 unspecified atom stereocenters. The van der Waals surface area contributed by atoms with Gasteiger partial charge in [0.1, 0.15) is 5.35 Å². The monoisotopic (exact) mass is 281 g/mol. The molecule has 108 valence electrons. The molecule has 0 spiro atoms. The van der Waals surface area contributed by atoms with Crippen LogP contribution in [0.5, 0.6) is 0 Å². The zero-order chi connectivity index (χ0) is 14.2. The molecule has 2 aromatic heterocycles. The number of piperidine rings is 1. The van der Waals surface area contributed by atoms with E-state index in [4.69, 9.17) is 0 Å². The number of rotatable bonds is 3. The quantitative estimate of drug-likeness (QED) is 0.842. The summed E-state index contributed by atoms with van der Waals surface area (Å²) in [6.45, 7) is 5.72. The van der Waals surface area contributed by atoms with Crippen molar-refractivity contribution in [1.82, 2.24) is 19.7 Å². The highest BCUT2D eigenvalue weighted by Gasteiger charge is 2.20. The summed E-state index contributed by atoms with van der Waals surface area (Å²) in [5.41, 5.74) is 2.23. The van der Waals surface area contributed by atoms with Crippen molar-refractivity contribution in [2.24, 2.45) is 4.99 Å². The van der Waals surface area contributed by atoms with E-state index in [2.05, 4.69) is 43.8 Å². The van der Waals surface area contributed by atoms with Crippen molar-refractivity contribution in [3.8, 4) is 11.1 Å². The van der Waals surface area contributed by atoms with Gasteiger partial charge < -0.3 is 4.90 Å². The predicted molar refractivity (Wildman–Crippen MR) is 81.1 cm³/mol. The fraction of sp³-hybridized carbons (Fsp3) is 0.438. The summed E-state index contributed by atoms with van der Waals surface area (Å²) in [6, 6.07) is 2.61. The molecule has 0 saturated carbocycles. The summed E-state index contributed by atoms with van der Waals surface area (Å²) in [6.07, 6.45) is 10.2. The van der Waals surface area contributed by atoms with Gasteiger partial charge in [-0.25, -0.2) is 0 Å². The van der Waals surface area contributed by atoms with Crippen LogP contribution in [-0.4, -0.2) is 39.3 Å². The molecular formula is C16H19N5. The second kappa shape index (κ2) is 5.07. The average Bonchev–Trinajstić information content (AvgIpc) is 2.98. The van der Waals surface area contributed by atoms with Gasteiger partial charge in [-0.1, -0.05) is 6.92 Å². The second-order valence-electron chi connectivity index (χ2n) is 5.76. The van der Waals surface area contributed by atoms with E-state index in [0.717, 1.165) is 28.4 Å². The molecule has 1 fully saturated rings. The standard InChI is InChI=1S/C16H19N5/c1-2-20-5-3-14(4-6-20)21-11-13(9-19-21)12-7-15-16(10-18-15)17-8-12/h7-11,14H,2-6H2,1H3. The van der Waals surface area contributed by atoms with Gasteiger partial charge in [-0.2, -0.15) is 5.10 Å². The molecule has 0 radical (unpaired) electrons. The lowest BCUT2D eigenvalue weighted by atomic mass is 10.1. The van der Waals surface area contributed by atoms with Gasteiger partial charge in [0.25, 0.3) is 0 Å². The third kappa shape index (κ3) is 2.27. The molecule has 0 aromatic carbocycles. The SMILES string of the molecule is CCN1CCC(n2cc(-c3cnc4c(c3)=NC=4)cn2)CC1. The van der Waals surface area contributed by atoms with Crippen molar-refractivity contribution >= 4 is 6.20 Å². The van der Waals surface area contributed by atoms with Gasteiger partial charge in [0.05, 0.1) is 23.8 Å². The van der Waals surface area contributed by atoms with Crippen LogP contribution in [0.4, 0.5) is 0 Å². The smallest absolute Gasteiger partial charge is 0.107 e. The topological polar surface area (TPSA) is 46.3 Å². The molecule has 0 bridgehead atoms. The lowest BCUT2D eigenvalue weighted by Crippen LogP contribution is -2.34. The fourth-order valence-electron chi connectivity index (χ4n) is 3.08. The Kier molecular flexibility index (Phi) is 3.07. The molecule has 1 saturated heterocycles. The molecule has 0 atom stereocenters. The van der Waals surface area contributed by atoms with E-state index in [1.807, 2.05) is 12.4 Å². The second-order valence-corrected chi connectivity index (χ2v) is 5.76. The maximum atomic E-state index is 4.57. The Hall–Kier alpha value is -2.01. The van der Waals surface area contributed by atoms with Gasteiger partial charge in [-0.15, -0.1) is 0 Å². The maximum absolute atomic E-state index is 4.57. The number of hydrogen-bond acceptors (Lipinski definition) is 4. The van der Waals surface area contributed by atoms with Crippen molar-refractivity contribution in [2.75, 3.05) is 19.6 Å². The lowest BCUT2D eigenvalue weighted by molar-refractivity contribution is 0.187. The van der Waals surface area contributed by atoms with Crippen molar-refractivity contribution in [2.45, 2.75) is 25.8 Å². The van der Waals surface area contributed by atoms with Crippen LogP contribution in [0.25, 0.3) is 17.3 Å². The lowest BCUT2D eigenvalue weighted by Gasteiger charge is -2.31. The minimum Gasteiger partial charge on any atom is -0.303 e. The Morgan fingerprint density at radius 2 is 2.05 bits per heavy atom. The summed E-state index contributed by atoms with van der Waals surface area (Å²) >= 11 is 0. The molecule has 0 amide bonds. The van der Waals surface area contributed by atoms with E-state index in [1.165, 1.54) is 25.9 Å². The van der Waals surface area contributed by atoms with Crippen LogP contribution in [0.1, 0.15) is 25.8 Å². The first-order valence-electron chi connectivity index (χ1n) is 7.64. The third-order valence-electron chi connectivity index (χ3n) is 4.54. The molecule has 5 nitrogen and oxygen atoms in total. The van der Waals surface area contributed by atoms with Crippen LogP contribution < -0.4 is 10.7 Å². The number of fused-ring (bicyclic) bond motifs is 1. The minimum absolute atomic E-state index is 0.527. The summed E-state index contributed by atoms with van der Waals surface area (Å²) < 4.78 is 2.13. The van der Waals surface area contributed by atoms with Crippen molar-refractivity contribution in [3.05, 3.63) is 35.4 Å². The Bertz CT molecular complexity index is 768. The Balaban J connectivity index is 1.54. The van der Waals surface area contributed by atoms with Crippen LogP contribution in [0.15, 0.2) is 29.6 Å². The van der Waals surface area contributed by atoms with Crippen LogP contribution in [0.2, 0.25) is 0 Å². The van der Waals surface area contributed by atoms with Gasteiger partial charge in [0.15, 0.2) is 0 Å². The number of hydrogen-bond donors (Lipinski definition) is 0. The molecular weight excluding hydrogens is 262 g/mol. The van der Waals surface area contributed by atoms with Crippen LogP contribution in [0.3, 0.4) is 0 Å². The summed E-state index contributed by atoms with van der Waals surface area (Å²) in [4.78, 5) is 11.1. The van der Waals surface area contributed by atoms with Crippen molar-refractivity contribution in [1.29, 1.82) is 0 Å². The Morgan fingerprint density at radius 3 is 2.71 bits per heavy atom. The molecule has 2 aliphatic rings. The third-order valence-corrected chi connectivity index (χ3v) is 4.54. The molecule has 0 aliphatic carbocycles. The number of pyridine rings is 1. The number of likely N-dealkylation sites (tertiary alicyclic amines) is 1. The van der Waals surface area contributed by atoms with Crippen molar-refractivity contribution < 1.29 is 0 Å². The molecule has 4 heterocycles. The fourth-order valence-corrected chi connectivity index (χ4v) is 3.08. The van der Waals surface area contributed by atoms with Crippen LogP contribution in [-0.2, 0) is 0 Å². The number of aromatic nitrogens is 3. The van der Waals surface area contributed by atoms with E-state index in [1.54, 1.807) is 6.20 Å². The van der Waals surface area contributed by atoms with Gasteiger partial charge in [-0.3, -0.25) is 14.7 Å². The first-order valence-corrected chi connectivity index (χ1v) is 7.64. The van der Waals surface area contributed by atoms with E-state index >= 15 is 0 Å². The summed E-state index contributed by atoms with van der Waals surface area (Å²) in [5.74, 6) is 0. The van der Waals surface area contributed by atoms with Gasteiger partial charge >= 0.3 is 0 Å². The van der Waals surface area contributed by atoms with E-state index in [9.17, 15) is 0 Å². The predicted octanol–water partition coefficient (Wildman–Crippen LogP) is 0.973. The van der Waals surface area contributed by atoms with E-state index in [0.29, 0.717) is 6.04 Å². The highest BCUT2D eigenvalue weighted by Crippen LogP contribution is 2.24. The maximum Gasteiger partial charge on any atom is 0.107 e. The average molecular weight is 281 g/mol. The molecule has 2 aromatic rings. The van der Waals surface area contributed by atoms with Crippen LogP contribution in [0, 0.1) is 0 Å². The largest absolute Gasteiger partial charge is 0.303 e. The molecule has 4 rings (SSSR count). The van der Waals surface area contributed by atoms with Gasteiger partial charge in [0, 0.05) is 36.6 Å². The normalized spacial score (nSPS) is 18.5. The highest BCUT2D eigenvalue weighted by atomic mass is 15.3. The Morgan fingerprint density at radius 1 is 1.19 bits per heavy atom. The first kappa shape index (κ1) is 12.7. The van der Waals surface area contributed by atoms with Gasteiger partial charge in [-0.05, 0) is 25.5 Å². The Labute approximate surface area is 123 Å². The zero-order valence-electron chi connectivity index (χ0n) is 12.2. The molecule has 2 aliphatic heterocycles. The molecule has 5 heteroatoms. The molecule has 21 heavy (non-hydrogen) atoms. The van der Waals surface area contributed by atoms with Crippen molar-refractivity contribution in [3.63, 3.8) is 0 Å². The van der Waals surface area contributed by atoms with Gasteiger partial charge in [0.2, 0.25) is 0 Å². The highest BCUT2D eigenvalue weighted by molar-refractivity contribution is 5.60. The minimum atomic E-state index is 0.527. The van der Waals surface area contributed by atoms with E-state index < -0.39 is 0 Å². The number of nitrogens with zero attached hydrogens (tertiary/aromatic N) is 5. The summed E-state index contributed by atoms with van der Waals surface area (Å²) in [5, 5.41) is 6.54.